The van der Waals surface area contributed by atoms with Crippen LogP contribution in [0.2, 0.25) is 0 Å². The van der Waals surface area contributed by atoms with Gasteiger partial charge < -0.3 is 10.3 Å². The summed E-state index contributed by atoms with van der Waals surface area (Å²) in [6.45, 7) is 2.23. The standard InChI is InChI=1S/C29H22ClN3S/c1-18(28-27(32-29(30)31)22-12-6-8-14-26(22)34-28)19-15-16-25-23(17-19)21-11-5-7-13-24(21)33(25)20-9-3-2-4-10-20/h2-18H,1H3,(H2,31,32). The van der Waals surface area contributed by atoms with Crippen LogP contribution in [0.5, 0.6) is 0 Å². The lowest BCUT2D eigenvalue weighted by molar-refractivity contribution is 0.950. The molecule has 0 aliphatic rings. The zero-order chi connectivity index (χ0) is 23.2. The Kier molecular flexibility index (Phi) is 5.13. The summed E-state index contributed by atoms with van der Waals surface area (Å²) in [5, 5.41) is 3.62. The first kappa shape index (κ1) is 21.0. The number of nitrogens with two attached hydrogens (primary N) is 1. The summed E-state index contributed by atoms with van der Waals surface area (Å²) in [5.74, 6) is 0.135. The number of thiophene rings is 1. The molecule has 0 aliphatic heterocycles. The molecule has 0 saturated carbocycles. The van der Waals surface area contributed by atoms with Crippen molar-refractivity contribution in [3.63, 3.8) is 0 Å². The Morgan fingerprint density at radius 3 is 2.29 bits per heavy atom. The fraction of sp³-hybridized carbons (Fsp3) is 0.0690. The number of hydrogen-bond donors (Lipinski definition) is 1. The molecule has 2 N–H and O–H groups in total. The van der Waals surface area contributed by atoms with Crippen molar-refractivity contribution in [1.82, 2.24) is 4.57 Å². The highest BCUT2D eigenvalue weighted by molar-refractivity contribution is 7.19. The molecule has 1 unspecified atom stereocenters. The lowest BCUT2D eigenvalue weighted by atomic mass is 9.96. The summed E-state index contributed by atoms with van der Waals surface area (Å²) >= 11 is 7.78. The molecule has 3 nitrogen and oxygen atoms in total. The normalized spacial score (nSPS) is 13.2. The number of aliphatic imine (C=N–C) groups is 1. The average Bonchev–Trinajstić information content (AvgIpc) is 3.39. The maximum absolute atomic E-state index is 6.03. The number of fused-ring (bicyclic) bond motifs is 4. The third-order valence-corrected chi connectivity index (χ3v) is 7.85. The molecular weight excluding hydrogens is 458 g/mol. The molecule has 6 aromatic rings. The van der Waals surface area contributed by atoms with Gasteiger partial charge in [-0.3, -0.25) is 0 Å². The second kappa shape index (κ2) is 8.32. The number of para-hydroxylation sites is 2. The Morgan fingerprint density at radius 2 is 1.50 bits per heavy atom. The predicted molar refractivity (Wildman–Crippen MR) is 147 cm³/mol. The van der Waals surface area contributed by atoms with E-state index in [1.807, 2.05) is 6.07 Å². The van der Waals surface area contributed by atoms with Crippen LogP contribution in [0.4, 0.5) is 5.69 Å². The van der Waals surface area contributed by atoms with E-state index >= 15 is 0 Å². The fourth-order valence-electron chi connectivity index (χ4n) is 4.83. The Morgan fingerprint density at radius 1 is 0.824 bits per heavy atom. The first-order valence-corrected chi connectivity index (χ1v) is 12.4. The molecule has 0 spiro atoms. The molecule has 0 aliphatic carbocycles. The summed E-state index contributed by atoms with van der Waals surface area (Å²) in [6, 6.07) is 34.2. The van der Waals surface area contributed by atoms with E-state index in [-0.39, 0.29) is 11.2 Å². The minimum atomic E-state index is 0.0541. The molecule has 0 saturated heterocycles. The molecule has 2 heterocycles. The van der Waals surface area contributed by atoms with E-state index in [0.717, 1.165) is 21.6 Å². The molecule has 5 heteroatoms. The Balaban J connectivity index is 1.56. The summed E-state index contributed by atoms with van der Waals surface area (Å²) in [6.07, 6.45) is 0. The first-order chi connectivity index (χ1) is 16.6. The highest BCUT2D eigenvalue weighted by Gasteiger charge is 2.21. The van der Waals surface area contributed by atoms with Crippen molar-refractivity contribution in [3.05, 3.63) is 108 Å². The molecule has 4 aromatic carbocycles. The number of rotatable bonds is 4. The van der Waals surface area contributed by atoms with E-state index in [2.05, 4.69) is 107 Å². The summed E-state index contributed by atoms with van der Waals surface area (Å²) in [5.41, 5.74) is 11.5. The van der Waals surface area contributed by atoms with Gasteiger partial charge in [0.25, 0.3) is 0 Å². The lowest BCUT2D eigenvalue weighted by Gasteiger charge is -2.13. The molecule has 0 bridgehead atoms. The molecule has 0 fully saturated rings. The van der Waals surface area contributed by atoms with Crippen LogP contribution in [0, 0.1) is 0 Å². The van der Waals surface area contributed by atoms with Crippen molar-refractivity contribution in [3.8, 4) is 5.69 Å². The van der Waals surface area contributed by atoms with Crippen LogP contribution in [-0.4, -0.2) is 9.86 Å². The predicted octanol–water partition coefficient (Wildman–Crippen LogP) is 8.34. The van der Waals surface area contributed by atoms with Gasteiger partial charge in [-0.1, -0.05) is 67.6 Å². The summed E-state index contributed by atoms with van der Waals surface area (Å²) < 4.78 is 3.52. The number of nitrogens with zero attached hydrogens (tertiary/aromatic N) is 2. The maximum atomic E-state index is 6.03. The van der Waals surface area contributed by atoms with Crippen molar-refractivity contribution < 1.29 is 0 Å². The van der Waals surface area contributed by atoms with Gasteiger partial charge in [-0.25, -0.2) is 4.99 Å². The van der Waals surface area contributed by atoms with Gasteiger partial charge in [-0.2, -0.15) is 0 Å². The Bertz CT molecular complexity index is 1690. The van der Waals surface area contributed by atoms with Crippen LogP contribution >= 0.6 is 22.9 Å². The van der Waals surface area contributed by atoms with Gasteiger partial charge >= 0.3 is 0 Å². The number of benzene rings is 4. The minimum Gasteiger partial charge on any atom is -0.374 e. The summed E-state index contributed by atoms with van der Waals surface area (Å²) in [4.78, 5) is 5.68. The SMILES string of the molecule is CC(c1ccc2c(c1)c1ccccc1n2-c1ccccc1)c1sc2ccccc2c1N=C(N)Cl. The van der Waals surface area contributed by atoms with E-state index in [4.69, 9.17) is 17.3 Å². The van der Waals surface area contributed by atoms with Crippen molar-refractivity contribution in [2.45, 2.75) is 12.8 Å². The monoisotopic (exact) mass is 479 g/mol. The van der Waals surface area contributed by atoms with Gasteiger partial charge in [0.15, 0.2) is 5.29 Å². The first-order valence-electron chi connectivity index (χ1n) is 11.2. The topological polar surface area (TPSA) is 43.3 Å². The molecule has 34 heavy (non-hydrogen) atoms. The van der Waals surface area contributed by atoms with Crippen molar-refractivity contribution in [1.29, 1.82) is 0 Å². The zero-order valence-electron chi connectivity index (χ0n) is 18.6. The molecule has 6 rings (SSSR count). The lowest BCUT2D eigenvalue weighted by Crippen LogP contribution is -2.01. The minimum absolute atomic E-state index is 0.0541. The van der Waals surface area contributed by atoms with Gasteiger partial charge in [0.2, 0.25) is 0 Å². The van der Waals surface area contributed by atoms with Crippen LogP contribution in [0.15, 0.2) is 102 Å². The average molecular weight is 480 g/mol. The van der Waals surface area contributed by atoms with Gasteiger partial charge in [-0.05, 0) is 53.6 Å². The molecule has 0 radical (unpaired) electrons. The second-order valence-electron chi connectivity index (χ2n) is 8.43. The van der Waals surface area contributed by atoms with Crippen molar-refractivity contribution in [2.24, 2.45) is 10.7 Å². The van der Waals surface area contributed by atoms with Crippen LogP contribution < -0.4 is 5.73 Å². The quantitative estimate of drug-likeness (QED) is 0.154. The van der Waals surface area contributed by atoms with Gasteiger partial charge in [0.05, 0.1) is 16.7 Å². The Labute approximate surface area is 206 Å². The van der Waals surface area contributed by atoms with Gasteiger partial charge in [-0.15, -0.1) is 11.3 Å². The van der Waals surface area contributed by atoms with E-state index in [0.29, 0.717) is 0 Å². The van der Waals surface area contributed by atoms with Gasteiger partial charge in [0.1, 0.15) is 0 Å². The smallest absolute Gasteiger partial charge is 0.193 e. The number of hydrogen-bond acceptors (Lipinski definition) is 2. The number of aromatic nitrogens is 1. The fourth-order valence-corrected chi connectivity index (χ4v) is 6.14. The second-order valence-corrected chi connectivity index (χ2v) is 9.90. The highest BCUT2D eigenvalue weighted by atomic mass is 35.5. The van der Waals surface area contributed by atoms with Crippen LogP contribution in [0.1, 0.15) is 23.3 Å². The van der Waals surface area contributed by atoms with E-state index in [1.54, 1.807) is 11.3 Å². The number of halogens is 1. The van der Waals surface area contributed by atoms with Crippen LogP contribution in [-0.2, 0) is 0 Å². The van der Waals surface area contributed by atoms with E-state index in [1.165, 1.54) is 32.1 Å². The molecule has 1 atom stereocenters. The van der Waals surface area contributed by atoms with Gasteiger partial charge in [0, 0.05) is 37.3 Å². The van der Waals surface area contributed by atoms with E-state index in [9.17, 15) is 0 Å². The van der Waals surface area contributed by atoms with Crippen molar-refractivity contribution in [2.75, 3.05) is 0 Å². The molecular formula is C29H22ClN3S. The van der Waals surface area contributed by atoms with E-state index < -0.39 is 0 Å². The van der Waals surface area contributed by atoms with Crippen molar-refractivity contribution >= 4 is 65.8 Å². The number of amidine groups is 1. The third-order valence-electron chi connectivity index (χ3n) is 6.42. The van der Waals surface area contributed by atoms with Crippen LogP contribution in [0.3, 0.4) is 0 Å². The maximum Gasteiger partial charge on any atom is 0.193 e. The third kappa shape index (κ3) is 3.38. The van der Waals surface area contributed by atoms with Crippen LogP contribution in [0.25, 0.3) is 37.6 Å². The molecule has 0 amide bonds. The highest BCUT2D eigenvalue weighted by Crippen LogP contribution is 2.45. The zero-order valence-corrected chi connectivity index (χ0v) is 20.1. The largest absolute Gasteiger partial charge is 0.374 e. The molecule has 2 aromatic heterocycles. The molecule has 166 valence electrons. The summed E-state index contributed by atoms with van der Waals surface area (Å²) in [7, 11) is 0. The Hall–Kier alpha value is -3.60.